The zero-order valence-electron chi connectivity index (χ0n) is 11.1. The fraction of sp³-hybridized carbons (Fsp3) is 0.0714. The van der Waals surface area contributed by atoms with Gasteiger partial charge in [0.2, 0.25) is 5.69 Å². The van der Waals surface area contributed by atoms with Crippen LogP contribution >= 0.6 is 0 Å². The van der Waals surface area contributed by atoms with Crippen LogP contribution < -0.4 is 5.32 Å². The summed E-state index contributed by atoms with van der Waals surface area (Å²) in [6.45, 7) is 1.87. The molecule has 0 aliphatic carbocycles. The molecule has 7 heteroatoms. The molecule has 0 bridgehead atoms. The van der Waals surface area contributed by atoms with Gasteiger partial charge in [-0.15, -0.1) is 0 Å². The van der Waals surface area contributed by atoms with E-state index in [-0.39, 0.29) is 5.56 Å². The van der Waals surface area contributed by atoms with E-state index in [4.69, 9.17) is 0 Å². The number of benzene rings is 1. The van der Waals surface area contributed by atoms with Gasteiger partial charge in [0.1, 0.15) is 0 Å². The number of imide groups is 1. The van der Waals surface area contributed by atoms with E-state index in [1.165, 1.54) is 12.3 Å². The molecule has 0 saturated carbocycles. The Kier molecular flexibility index (Phi) is 4.03. The number of carbonyl (C=O) groups is 2. The fourth-order valence-corrected chi connectivity index (χ4v) is 1.66. The molecule has 0 radical (unpaired) electrons. The molecule has 0 aliphatic rings. The number of hydrogen-bond donors (Lipinski definition) is 1. The summed E-state index contributed by atoms with van der Waals surface area (Å²) in [6, 6.07) is 9.07. The monoisotopic (exact) mass is 285 g/mol. The van der Waals surface area contributed by atoms with Crippen molar-refractivity contribution in [1.82, 2.24) is 10.3 Å². The molecular formula is C14H11N3O4. The topological polar surface area (TPSA) is 102 Å². The Morgan fingerprint density at radius 3 is 2.43 bits per heavy atom. The van der Waals surface area contributed by atoms with Crippen LogP contribution in [0.25, 0.3) is 0 Å². The molecule has 106 valence electrons. The zero-order chi connectivity index (χ0) is 15.4. The van der Waals surface area contributed by atoms with Crippen molar-refractivity contribution in [2.24, 2.45) is 0 Å². The predicted molar refractivity (Wildman–Crippen MR) is 73.9 cm³/mol. The highest BCUT2D eigenvalue weighted by Gasteiger charge is 2.23. The minimum atomic E-state index is -0.909. The highest BCUT2D eigenvalue weighted by molar-refractivity contribution is 6.10. The van der Waals surface area contributed by atoms with Crippen LogP contribution in [0.3, 0.4) is 0 Å². The number of amides is 2. The normalized spacial score (nSPS) is 9.95. The Labute approximate surface area is 119 Å². The van der Waals surface area contributed by atoms with E-state index < -0.39 is 28.1 Å². The van der Waals surface area contributed by atoms with Crippen LogP contribution in [-0.2, 0) is 0 Å². The van der Waals surface area contributed by atoms with Crippen molar-refractivity contribution in [1.29, 1.82) is 0 Å². The van der Waals surface area contributed by atoms with Crippen molar-refractivity contribution in [3.05, 3.63) is 69.5 Å². The van der Waals surface area contributed by atoms with Crippen molar-refractivity contribution in [3.8, 4) is 0 Å². The molecule has 7 nitrogen and oxygen atoms in total. The molecule has 0 spiro atoms. The lowest BCUT2D eigenvalue weighted by molar-refractivity contribution is -0.385. The number of aromatic nitrogens is 1. The molecule has 1 aromatic heterocycles. The first kappa shape index (κ1) is 14.3. The second-order valence-electron chi connectivity index (χ2n) is 4.28. The number of nitrogens with one attached hydrogen (secondary N) is 1. The summed E-state index contributed by atoms with van der Waals surface area (Å²) >= 11 is 0. The number of hydrogen-bond acceptors (Lipinski definition) is 5. The second kappa shape index (κ2) is 5.91. The summed E-state index contributed by atoms with van der Waals surface area (Å²) in [5, 5.41) is 12.9. The molecule has 1 aromatic carbocycles. The standard InChI is InChI=1S/C14H11N3O4/c1-9-4-6-10(7-5-9)13(18)16-14(19)12-11(17(20)21)3-2-8-15-12/h2-8H,1H3,(H,16,18,19). The van der Waals surface area contributed by atoms with E-state index in [0.29, 0.717) is 0 Å². The Hall–Kier alpha value is -3.09. The first-order chi connectivity index (χ1) is 9.99. The lowest BCUT2D eigenvalue weighted by atomic mass is 10.1. The molecular weight excluding hydrogens is 274 g/mol. The maximum atomic E-state index is 11.9. The molecule has 2 amide bonds. The Bertz CT molecular complexity index is 710. The van der Waals surface area contributed by atoms with Gasteiger partial charge in [-0.05, 0) is 25.1 Å². The average Bonchev–Trinajstić information content (AvgIpc) is 2.47. The molecule has 2 aromatic rings. The smallest absolute Gasteiger partial charge is 0.287 e. The minimum absolute atomic E-state index is 0.285. The SMILES string of the molecule is Cc1ccc(C(=O)NC(=O)c2ncccc2[N+](=O)[O-])cc1. The summed E-state index contributed by atoms with van der Waals surface area (Å²) in [7, 11) is 0. The summed E-state index contributed by atoms with van der Waals surface area (Å²) in [6.07, 6.45) is 1.25. The Morgan fingerprint density at radius 1 is 1.14 bits per heavy atom. The molecule has 0 fully saturated rings. The quantitative estimate of drug-likeness (QED) is 0.527. The summed E-state index contributed by atoms with van der Waals surface area (Å²) in [5.41, 5.74) is 0.403. The Balaban J connectivity index is 2.20. The maximum absolute atomic E-state index is 11.9. The van der Waals surface area contributed by atoms with Gasteiger partial charge in [0, 0.05) is 17.8 Å². The third-order valence-electron chi connectivity index (χ3n) is 2.74. The van der Waals surface area contributed by atoms with E-state index >= 15 is 0 Å². The van der Waals surface area contributed by atoms with Gasteiger partial charge in [0.05, 0.1) is 4.92 Å². The third kappa shape index (κ3) is 3.27. The van der Waals surface area contributed by atoms with Gasteiger partial charge in [-0.3, -0.25) is 25.0 Å². The van der Waals surface area contributed by atoms with Gasteiger partial charge in [-0.25, -0.2) is 4.98 Å². The van der Waals surface area contributed by atoms with Gasteiger partial charge < -0.3 is 0 Å². The molecule has 0 saturated heterocycles. The number of pyridine rings is 1. The molecule has 21 heavy (non-hydrogen) atoms. The Morgan fingerprint density at radius 2 is 1.81 bits per heavy atom. The molecule has 0 unspecified atom stereocenters. The summed E-state index contributed by atoms with van der Waals surface area (Å²) in [5.74, 6) is -1.55. The van der Waals surface area contributed by atoms with Gasteiger partial charge in [-0.1, -0.05) is 17.7 Å². The van der Waals surface area contributed by atoms with Crippen molar-refractivity contribution >= 4 is 17.5 Å². The van der Waals surface area contributed by atoms with Crippen LogP contribution in [0.5, 0.6) is 0 Å². The first-order valence-corrected chi connectivity index (χ1v) is 6.01. The number of carbonyl (C=O) groups excluding carboxylic acids is 2. The van der Waals surface area contributed by atoms with Gasteiger partial charge in [0.15, 0.2) is 0 Å². The molecule has 0 aliphatic heterocycles. The number of nitrogens with zero attached hydrogens (tertiary/aromatic N) is 2. The van der Waals surface area contributed by atoms with Crippen molar-refractivity contribution in [2.75, 3.05) is 0 Å². The second-order valence-corrected chi connectivity index (χ2v) is 4.28. The van der Waals surface area contributed by atoms with Crippen LogP contribution in [-0.4, -0.2) is 21.7 Å². The molecule has 0 atom stereocenters. The third-order valence-corrected chi connectivity index (χ3v) is 2.74. The molecule has 2 rings (SSSR count). The van der Waals surface area contributed by atoms with E-state index in [1.807, 2.05) is 6.92 Å². The number of rotatable bonds is 3. The molecule has 1 N–H and O–H groups in total. The van der Waals surface area contributed by atoms with Gasteiger partial charge >= 0.3 is 5.69 Å². The lowest BCUT2D eigenvalue weighted by Gasteiger charge is -2.04. The van der Waals surface area contributed by atoms with E-state index in [1.54, 1.807) is 24.3 Å². The van der Waals surface area contributed by atoms with Crippen LogP contribution in [0.15, 0.2) is 42.6 Å². The van der Waals surface area contributed by atoms with Crippen LogP contribution in [0.2, 0.25) is 0 Å². The van der Waals surface area contributed by atoms with E-state index in [2.05, 4.69) is 10.3 Å². The van der Waals surface area contributed by atoms with Crippen molar-refractivity contribution in [3.63, 3.8) is 0 Å². The number of aryl methyl sites for hydroxylation is 1. The average molecular weight is 285 g/mol. The maximum Gasteiger partial charge on any atom is 0.300 e. The van der Waals surface area contributed by atoms with Crippen LogP contribution in [0.1, 0.15) is 26.4 Å². The lowest BCUT2D eigenvalue weighted by Crippen LogP contribution is -2.31. The van der Waals surface area contributed by atoms with Crippen molar-refractivity contribution < 1.29 is 14.5 Å². The largest absolute Gasteiger partial charge is 0.300 e. The zero-order valence-corrected chi connectivity index (χ0v) is 11.1. The van der Waals surface area contributed by atoms with Gasteiger partial charge in [-0.2, -0.15) is 0 Å². The first-order valence-electron chi connectivity index (χ1n) is 6.01. The van der Waals surface area contributed by atoms with E-state index in [0.717, 1.165) is 11.6 Å². The number of nitro groups is 1. The van der Waals surface area contributed by atoms with Crippen LogP contribution in [0.4, 0.5) is 5.69 Å². The highest BCUT2D eigenvalue weighted by Crippen LogP contribution is 2.14. The van der Waals surface area contributed by atoms with E-state index in [9.17, 15) is 19.7 Å². The molecule has 1 heterocycles. The van der Waals surface area contributed by atoms with Crippen molar-refractivity contribution in [2.45, 2.75) is 6.92 Å². The fourth-order valence-electron chi connectivity index (χ4n) is 1.66. The van der Waals surface area contributed by atoms with Gasteiger partial charge in [0.25, 0.3) is 11.8 Å². The minimum Gasteiger partial charge on any atom is -0.287 e. The predicted octanol–water partition coefficient (Wildman–Crippen LogP) is 1.87. The summed E-state index contributed by atoms with van der Waals surface area (Å²) in [4.78, 5) is 37.6. The highest BCUT2D eigenvalue weighted by atomic mass is 16.6. The van der Waals surface area contributed by atoms with Crippen LogP contribution in [0, 0.1) is 17.0 Å². The summed E-state index contributed by atoms with van der Waals surface area (Å²) < 4.78 is 0.